The molecule has 1 atom stereocenters. The number of rotatable bonds is 8. The Labute approximate surface area is 165 Å². The molecule has 26 heavy (non-hydrogen) atoms. The Kier molecular flexibility index (Phi) is 6.50. The lowest BCUT2D eigenvalue weighted by molar-refractivity contribution is -0.118. The van der Waals surface area contributed by atoms with E-state index in [1.54, 1.807) is 36.0 Å². The molecule has 0 radical (unpaired) electrons. The highest BCUT2D eigenvalue weighted by atomic mass is 35.5. The third-order valence-corrected chi connectivity index (χ3v) is 5.92. The van der Waals surface area contributed by atoms with Crippen LogP contribution >= 0.6 is 34.7 Å². The number of halogens is 1. The number of aromatic nitrogens is 2. The number of nitrogens with one attached hydrogen (secondary N) is 2. The molecule has 1 aromatic carbocycles. The zero-order valence-electron chi connectivity index (χ0n) is 14.2. The molecule has 9 heteroatoms. The molecule has 0 unspecified atom stereocenters. The molecular formula is C17H19ClN4O2S2. The first kappa shape index (κ1) is 19.1. The van der Waals surface area contributed by atoms with E-state index in [1.807, 2.05) is 6.26 Å². The van der Waals surface area contributed by atoms with Crippen molar-refractivity contribution in [2.75, 3.05) is 17.3 Å². The summed E-state index contributed by atoms with van der Waals surface area (Å²) in [6.07, 6.45) is 4.73. The van der Waals surface area contributed by atoms with Gasteiger partial charge in [0.15, 0.2) is 0 Å². The number of nitrogens with zero attached hydrogens (tertiary/aromatic N) is 2. The van der Waals surface area contributed by atoms with E-state index in [0.717, 1.165) is 23.6 Å². The van der Waals surface area contributed by atoms with E-state index in [2.05, 4.69) is 20.8 Å². The fourth-order valence-electron chi connectivity index (χ4n) is 2.36. The van der Waals surface area contributed by atoms with Crippen molar-refractivity contribution in [3.63, 3.8) is 0 Å². The first-order chi connectivity index (χ1) is 12.6. The molecule has 1 fully saturated rings. The quantitative estimate of drug-likeness (QED) is 0.695. The van der Waals surface area contributed by atoms with Crippen LogP contribution in [0.5, 0.6) is 0 Å². The molecule has 0 aliphatic heterocycles. The van der Waals surface area contributed by atoms with Gasteiger partial charge in [-0.05, 0) is 43.4 Å². The number of hydrogen-bond donors (Lipinski definition) is 2. The van der Waals surface area contributed by atoms with Crippen LogP contribution in [0.25, 0.3) is 0 Å². The normalized spacial score (nSPS) is 14.7. The average Bonchev–Trinajstić information content (AvgIpc) is 3.38. The van der Waals surface area contributed by atoms with Gasteiger partial charge in [-0.15, -0.1) is 10.2 Å². The summed E-state index contributed by atoms with van der Waals surface area (Å²) < 4.78 is 0. The van der Waals surface area contributed by atoms with E-state index >= 15 is 0 Å². The van der Waals surface area contributed by atoms with E-state index in [9.17, 15) is 9.59 Å². The van der Waals surface area contributed by atoms with Crippen molar-refractivity contribution in [3.8, 4) is 0 Å². The van der Waals surface area contributed by atoms with Crippen molar-refractivity contribution in [3.05, 3.63) is 39.9 Å². The smallest absolute Gasteiger partial charge is 0.253 e. The van der Waals surface area contributed by atoms with Crippen LogP contribution in [0.1, 0.15) is 40.5 Å². The summed E-state index contributed by atoms with van der Waals surface area (Å²) in [5.41, 5.74) is 0.350. The largest absolute Gasteiger partial charge is 0.340 e. The summed E-state index contributed by atoms with van der Waals surface area (Å²) in [4.78, 5) is 25.1. The van der Waals surface area contributed by atoms with Crippen molar-refractivity contribution >= 4 is 51.6 Å². The van der Waals surface area contributed by atoms with Crippen LogP contribution < -0.4 is 10.6 Å². The Morgan fingerprint density at radius 3 is 2.81 bits per heavy atom. The van der Waals surface area contributed by atoms with E-state index in [1.165, 1.54) is 11.3 Å². The number of carbonyl (C=O) groups excluding carboxylic acids is 2. The maximum absolute atomic E-state index is 12.6. The van der Waals surface area contributed by atoms with E-state index < -0.39 is 6.04 Å². The summed E-state index contributed by atoms with van der Waals surface area (Å²) in [5, 5.41) is 15.5. The second-order valence-corrected chi connectivity index (χ2v) is 8.40. The maximum Gasteiger partial charge on any atom is 0.253 e. The molecule has 2 amide bonds. The molecule has 0 saturated heterocycles. The summed E-state index contributed by atoms with van der Waals surface area (Å²) in [7, 11) is 0. The van der Waals surface area contributed by atoms with Crippen LogP contribution in [0.4, 0.5) is 5.13 Å². The standard InChI is InChI=1S/C17H19ClN4O2S2/c1-25-9-8-13(19-14(23)11-4-2-3-5-12(11)18)15(24)20-17-22-21-16(26-17)10-6-7-10/h2-5,10,13H,6-9H2,1H3,(H,19,23)(H,20,22,24)/t13-/m1/s1. The third kappa shape index (κ3) is 4.96. The lowest BCUT2D eigenvalue weighted by Gasteiger charge is -2.17. The number of hydrogen-bond acceptors (Lipinski definition) is 6. The van der Waals surface area contributed by atoms with Crippen LogP contribution in [-0.2, 0) is 4.79 Å². The van der Waals surface area contributed by atoms with Crippen LogP contribution in [0.2, 0.25) is 5.02 Å². The van der Waals surface area contributed by atoms with Crippen molar-refractivity contribution in [2.24, 2.45) is 0 Å². The molecular weight excluding hydrogens is 392 g/mol. The summed E-state index contributed by atoms with van der Waals surface area (Å²) in [5.74, 6) is 0.570. The lowest BCUT2D eigenvalue weighted by atomic mass is 10.1. The number of thioether (sulfide) groups is 1. The number of carbonyl (C=O) groups is 2. The minimum atomic E-state index is -0.667. The Morgan fingerprint density at radius 1 is 1.35 bits per heavy atom. The highest BCUT2D eigenvalue weighted by Crippen LogP contribution is 2.42. The minimum Gasteiger partial charge on any atom is -0.340 e. The lowest BCUT2D eigenvalue weighted by Crippen LogP contribution is -2.44. The molecule has 3 rings (SSSR count). The minimum absolute atomic E-state index is 0.294. The first-order valence-electron chi connectivity index (χ1n) is 8.27. The second-order valence-electron chi connectivity index (χ2n) is 6.00. The van der Waals surface area contributed by atoms with Crippen LogP contribution in [0, 0.1) is 0 Å². The molecule has 138 valence electrons. The molecule has 6 nitrogen and oxygen atoms in total. The van der Waals surface area contributed by atoms with Gasteiger partial charge in [0.05, 0.1) is 10.6 Å². The molecule has 2 aromatic rings. The first-order valence-corrected chi connectivity index (χ1v) is 10.9. The van der Waals surface area contributed by atoms with Crippen molar-refractivity contribution < 1.29 is 9.59 Å². The van der Waals surface area contributed by atoms with E-state index in [4.69, 9.17) is 11.6 Å². The fraction of sp³-hybridized carbons (Fsp3) is 0.412. The number of anilines is 1. The number of amides is 2. The van der Waals surface area contributed by atoms with Crippen molar-refractivity contribution in [1.82, 2.24) is 15.5 Å². The molecule has 1 saturated carbocycles. The molecule has 2 N–H and O–H groups in total. The van der Waals surface area contributed by atoms with Crippen LogP contribution in [0.3, 0.4) is 0 Å². The number of benzene rings is 1. The molecule has 0 bridgehead atoms. The van der Waals surface area contributed by atoms with Crippen molar-refractivity contribution in [1.29, 1.82) is 0 Å². The van der Waals surface area contributed by atoms with Gasteiger partial charge < -0.3 is 5.32 Å². The Bertz CT molecular complexity index is 795. The average molecular weight is 411 g/mol. The molecule has 1 aliphatic rings. The van der Waals surface area contributed by atoms with Crippen LogP contribution in [0.15, 0.2) is 24.3 Å². The Balaban J connectivity index is 1.66. The van der Waals surface area contributed by atoms with Gasteiger partial charge in [0.1, 0.15) is 11.0 Å². The van der Waals surface area contributed by atoms with Gasteiger partial charge >= 0.3 is 0 Å². The van der Waals surface area contributed by atoms with Gasteiger partial charge in [-0.2, -0.15) is 11.8 Å². The highest BCUT2D eigenvalue weighted by molar-refractivity contribution is 7.98. The van der Waals surface area contributed by atoms with Gasteiger partial charge in [0.2, 0.25) is 11.0 Å². The monoisotopic (exact) mass is 410 g/mol. The topological polar surface area (TPSA) is 84.0 Å². The van der Waals surface area contributed by atoms with Gasteiger partial charge in [-0.1, -0.05) is 35.1 Å². The zero-order chi connectivity index (χ0) is 18.5. The Hall–Kier alpha value is -1.64. The maximum atomic E-state index is 12.6. The predicted octanol–water partition coefficient (Wildman–Crippen LogP) is 3.56. The SMILES string of the molecule is CSCC[C@@H](NC(=O)c1ccccc1Cl)C(=O)Nc1nnc(C2CC2)s1. The van der Waals surface area contributed by atoms with Crippen molar-refractivity contribution in [2.45, 2.75) is 31.2 Å². The molecule has 1 aliphatic carbocycles. The zero-order valence-corrected chi connectivity index (χ0v) is 16.6. The van der Waals surface area contributed by atoms with Gasteiger partial charge in [-0.3, -0.25) is 14.9 Å². The second kappa shape index (κ2) is 8.83. The van der Waals surface area contributed by atoms with Gasteiger partial charge in [0, 0.05) is 5.92 Å². The molecule has 1 heterocycles. The van der Waals surface area contributed by atoms with Crippen LogP contribution in [-0.4, -0.2) is 40.1 Å². The fourth-order valence-corrected chi connectivity index (χ4v) is 3.97. The summed E-state index contributed by atoms with van der Waals surface area (Å²) in [6, 6.07) is 6.10. The third-order valence-electron chi connectivity index (χ3n) is 3.95. The van der Waals surface area contributed by atoms with Gasteiger partial charge in [0.25, 0.3) is 5.91 Å². The predicted molar refractivity (Wildman–Crippen MR) is 106 cm³/mol. The molecule has 0 spiro atoms. The Morgan fingerprint density at radius 2 is 2.12 bits per heavy atom. The van der Waals surface area contributed by atoms with E-state index in [-0.39, 0.29) is 11.8 Å². The summed E-state index contributed by atoms with van der Waals surface area (Å²) >= 11 is 9.08. The molecule has 1 aromatic heterocycles. The van der Waals surface area contributed by atoms with Gasteiger partial charge in [-0.25, -0.2) is 0 Å². The highest BCUT2D eigenvalue weighted by Gasteiger charge is 2.28. The summed E-state index contributed by atoms with van der Waals surface area (Å²) in [6.45, 7) is 0. The van der Waals surface area contributed by atoms with E-state index in [0.29, 0.717) is 28.1 Å².